The number of carbonyl (C=O) groups excluding carboxylic acids is 2. The molecule has 3 amide bonds. The normalized spacial score (nSPS) is 15.5. The third-order valence-corrected chi connectivity index (χ3v) is 5.76. The van der Waals surface area contributed by atoms with Crippen LogP contribution < -0.4 is 10.6 Å². The number of halogens is 5. The smallest absolute Gasteiger partial charge is 0.342 e. The maximum Gasteiger partial charge on any atom is 0.416 e. The molecule has 3 aromatic carbocycles. The highest BCUT2D eigenvalue weighted by Crippen LogP contribution is 2.30. The Kier molecular flexibility index (Phi) is 7.00. The zero-order valence-electron chi connectivity index (χ0n) is 17.8. The SMILES string of the molecule is O=C(NC1CN(C(=O)Nc2ccc(C(F)(F)F)cc2)N=C1c1ccc(Cl)cc1)c1ccccc1Cl. The van der Waals surface area contributed by atoms with E-state index in [1.807, 2.05) is 0 Å². The van der Waals surface area contributed by atoms with Gasteiger partial charge in [-0.15, -0.1) is 0 Å². The van der Waals surface area contributed by atoms with E-state index >= 15 is 0 Å². The lowest BCUT2D eigenvalue weighted by atomic mass is 10.0. The maximum absolute atomic E-state index is 12.9. The minimum Gasteiger partial charge on any atom is -0.342 e. The minimum atomic E-state index is -4.48. The Morgan fingerprint density at radius 3 is 2.23 bits per heavy atom. The van der Waals surface area contributed by atoms with Crippen molar-refractivity contribution < 1.29 is 22.8 Å². The molecule has 1 unspecified atom stereocenters. The first kappa shape index (κ1) is 24.6. The molecule has 0 fully saturated rings. The van der Waals surface area contributed by atoms with E-state index < -0.39 is 29.7 Å². The molecule has 6 nitrogen and oxygen atoms in total. The molecule has 0 spiro atoms. The van der Waals surface area contributed by atoms with Crippen LogP contribution >= 0.6 is 23.2 Å². The van der Waals surface area contributed by atoms with Gasteiger partial charge in [-0.1, -0.05) is 47.5 Å². The van der Waals surface area contributed by atoms with Crippen molar-refractivity contribution in [2.45, 2.75) is 12.2 Å². The number of rotatable bonds is 4. The Labute approximate surface area is 208 Å². The lowest BCUT2D eigenvalue weighted by Gasteiger charge is -2.17. The number of nitrogens with zero attached hydrogens (tertiary/aromatic N) is 2. The standard InChI is InChI=1S/C24H17Cl2F3N4O2/c25-16-9-5-14(6-10-16)21-20(31-22(34)18-3-1-2-4-19(18)26)13-33(32-21)23(35)30-17-11-7-15(8-12-17)24(27,28)29/h1-12,20H,13H2,(H,30,35)(H,31,34). The zero-order chi connectivity index (χ0) is 25.2. The van der Waals surface area contributed by atoms with Crippen LogP contribution in [0.3, 0.4) is 0 Å². The van der Waals surface area contributed by atoms with Crippen LogP contribution in [0.25, 0.3) is 0 Å². The Balaban J connectivity index is 1.55. The van der Waals surface area contributed by atoms with Crippen LogP contribution in [0.15, 0.2) is 77.9 Å². The maximum atomic E-state index is 12.9. The van der Waals surface area contributed by atoms with Crippen molar-refractivity contribution in [3.8, 4) is 0 Å². The summed E-state index contributed by atoms with van der Waals surface area (Å²) in [7, 11) is 0. The second kappa shape index (κ2) is 9.97. The van der Waals surface area contributed by atoms with E-state index in [2.05, 4.69) is 15.7 Å². The zero-order valence-corrected chi connectivity index (χ0v) is 19.3. The van der Waals surface area contributed by atoms with Gasteiger partial charge in [0.05, 0.1) is 34.4 Å². The summed E-state index contributed by atoms with van der Waals surface area (Å²) in [6.45, 7) is -0.0133. The molecule has 180 valence electrons. The Bertz CT molecular complexity index is 1280. The average molecular weight is 521 g/mol. The number of hydrogen-bond donors (Lipinski definition) is 2. The van der Waals surface area contributed by atoms with Crippen molar-refractivity contribution in [3.63, 3.8) is 0 Å². The van der Waals surface area contributed by atoms with Crippen molar-refractivity contribution in [3.05, 3.63) is 99.5 Å². The molecule has 11 heteroatoms. The molecule has 0 radical (unpaired) electrons. The molecule has 35 heavy (non-hydrogen) atoms. The molecule has 2 N–H and O–H groups in total. The predicted molar refractivity (Wildman–Crippen MR) is 128 cm³/mol. The number of nitrogens with one attached hydrogen (secondary N) is 2. The van der Waals surface area contributed by atoms with E-state index in [1.54, 1.807) is 48.5 Å². The van der Waals surface area contributed by atoms with Crippen LogP contribution in [0, 0.1) is 0 Å². The molecule has 1 aliphatic heterocycles. The molecule has 0 bridgehead atoms. The van der Waals surface area contributed by atoms with E-state index in [0.29, 0.717) is 16.3 Å². The van der Waals surface area contributed by atoms with Crippen molar-refractivity contribution in [1.29, 1.82) is 0 Å². The number of benzene rings is 3. The second-order valence-electron chi connectivity index (χ2n) is 7.59. The summed E-state index contributed by atoms with van der Waals surface area (Å²) in [5.74, 6) is -0.452. The van der Waals surface area contributed by atoms with E-state index in [0.717, 1.165) is 29.3 Å². The molecule has 4 rings (SSSR count). The lowest BCUT2D eigenvalue weighted by Crippen LogP contribution is -2.44. The van der Waals surface area contributed by atoms with Crippen molar-refractivity contribution >= 4 is 46.5 Å². The minimum absolute atomic E-state index is 0.0133. The van der Waals surface area contributed by atoms with Crippen molar-refractivity contribution in [2.75, 3.05) is 11.9 Å². The molecule has 0 saturated carbocycles. The van der Waals surface area contributed by atoms with Crippen LogP contribution in [-0.4, -0.2) is 35.2 Å². The summed E-state index contributed by atoms with van der Waals surface area (Å²) in [4.78, 5) is 25.7. The quantitative estimate of drug-likeness (QED) is 0.438. The molecule has 3 aromatic rings. The van der Waals surface area contributed by atoms with Gasteiger partial charge in [0.15, 0.2) is 0 Å². The van der Waals surface area contributed by atoms with Gasteiger partial charge in [-0.3, -0.25) is 4.79 Å². The largest absolute Gasteiger partial charge is 0.416 e. The van der Waals surface area contributed by atoms with Gasteiger partial charge in [0.25, 0.3) is 5.91 Å². The first-order valence-corrected chi connectivity index (χ1v) is 11.0. The summed E-state index contributed by atoms with van der Waals surface area (Å²) in [6, 6.07) is 15.9. The highest BCUT2D eigenvalue weighted by atomic mass is 35.5. The van der Waals surface area contributed by atoms with E-state index in [9.17, 15) is 22.8 Å². The molecule has 1 aliphatic rings. The molecular formula is C24H17Cl2F3N4O2. The fourth-order valence-corrected chi connectivity index (χ4v) is 3.78. The molecule has 0 saturated heterocycles. The third-order valence-electron chi connectivity index (χ3n) is 5.18. The lowest BCUT2D eigenvalue weighted by molar-refractivity contribution is -0.137. The van der Waals surface area contributed by atoms with Gasteiger partial charge in [0, 0.05) is 16.3 Å². The number of hydrogen-bond acceptors (Lipinski definition) is 3. The fourth-order valence-electron chi connectivity index (χ4n) is 3.43. The monoisotopic (exact) mass is 520 g/mol. The van der Waals surface area contributed by atoms with Crippen LogP contribution in [0.4, 0.5) is 23.7 Å². The summed E-state index contributed by atoms with van der Waals surface area (Å²) >= 11 is 12.1. The summed E-state index contributed by atoms with van der Waals surface area (Å²) in [5.41, 5.74) is 0.627. The molecule has 1 atom stereocenters. The van der Waals surface area contributed by atoms with Gasteiger partial charge < -0.3 is 10.6 Å². The number of anilines is 1. The van der Waals surface area contributed by atoms with Gasteiger partial charge >= 0.3 is 12.2 Å². The molecule has 0 aromatic heterocycles. The first-order valence-electron chi connectivity index (χ1n) is 10.3. The summed E-state index contributed by atoms with van der Waals surface area (Å²) in [6.07, 6.45) is -4.48. The molecule has 1 heterocycles. The van der Waals surface area contributed by atoms with Crippen LogP contribution in [0.5, 0.6) is 0 Å². The first-order chi connectivity index (χ1) is 16.6. The van der Waals surface area contributed by atoms with E-state index in [4.69, 9.17) is 23.2 Å². The summed E-state index contributed by atoms with van der Waals surface area (Å²) < 4.78 is 38.4. The predicted octanol–water partition coefficient (Wildman–Crippen LogP) is 6.06. The molecular weight excluding hydrogens is 504 g/mol. The Morgan fingerprint density at radius 1 is 0.943 bits per heavy atom. The van der Waals surface area contributed by atoms with Gasteiger partial charge in [0.1, 0.15) is 0 Å². The number of hydrazone groups is 1. The summed E-state index contributed by atoms with van der Waals surface area (Å²) in [5, 5.41) is 11.6. The number of carbonyl (C=O) groups is 2. The highest BCUT2D eigenvalue weighted by Gasteiger charge is 2.33. The van der Waals surface area contributed by atoms with Crippen molar-refractivity contribution in [1.82, 2.24) is 10.3 Å². The number of amides is 3. The number of alkyl halides is 3. The third kappa shape index (κ3) is 5.75. The Morgan fingerprint density at radius 2 is 1.60 bits per heavy atom. The Hall–Kier alpha value is -3.56. The highest BCUT2D eigenvalue weighted by molar-refractivity contribution is 6.34. The van der Waals surface area contributed by atoms with E-state index in [-0.39, 0.29) is 22.8 Å². The average Bonchev–Trinajstić information content (AvgIpc) is 3.23. The number of urea groups is 1. The van der Waals surface area contributed by atoms with Gasteiger partial charge in [0.2, 0.25) is 0 Å². The fraction of sp³-hybridized carbons (Fsp3) is 0.125. The van der Waals surface area contributed by atoms with E-state index in [1.165, 1.54) is 0 Å². The van der Waals surface area contributed by atoms with Crippen LogP contribution in [0.2, 0.25) is 10.0 Å². The van der Waals surface area contributed by atoms with Gasteiger partial charge in [-0.05, 0) is 48.5 Å². The second-order valence-corrected chi connectivity index (χ2v) is 8.43. The van der Waals surface area contributed by atoms with Gasteiger partial charge in [-0.2, -0.15) is 18.3 Å². The van der Waals surface area contributed by atoms with Crippen LogP contribution in [-0.2, 0) is 6.18 Å². The van der Waals surface area contributed by atoms with Crippen molar-refractivity contribution in [2.24, 2.45) is 5.10 Å². The molecule has 0 aliphatic carbocycles. The van der Waals surface area contributed by atoms with Crippen LogP contribution in [0.1, 0.15) is 21.5 Å². The topological polar surface area (TPSA) is 73.8 Å². The van der Waals surface area contributed by atoms with Gasteiger partial charge in [-0.25, -0.2) is 9.80 Å².